The van der Waals surface area contributed by atoms with Crippen LogP contribution in [0.25, 0.3) is 0 Å². The molecule has 4 rings (SSSR count). The number of pyridine rings is 1. The Hall–Kier alpha value is -2.48. The number of aromatic nitrogens is 4. The Morgan fingerprint density at radius 2 is 2.07 bits per heavy atom. The van der Waals surface area contributed by atoms with Crippen molar-refractivity contribution in [2.24, 2.45) is 13.0 Å². The molecule has 0 saturated carbocycles. The molecule has 2 aliphatic heterocycles. The highest BCUT2D eigenvalue weighted by Gasteiger charge is 2.32. The SMILES string of the molecule is Cn1nc2n(c1=O)C[C@H](C(=O)N1CCC(OCc3ccccn3)CC1)CC2. The molecule has 2 aromatic heterocycles. The van der Waals surface area contributed by atoms with Crippen molar-refractivity contribution in [2.75, 3.05) is 13.1 Å². The number of ether oxygens (including phenoxy) is 1. The molecule has 0 bridgehead atoms. The first kappa shape index (κ1) is 17.9. The van der Waals surface area contributed by atoms with E-state index in [1.165, 1.54) is 4.68 Å². The van der Waals surface area contributed by atoms with E-state index in [0.29, 0.717) is 32.7 Å². The van der Waals surface area contributed by atoms with Gasteiger partial charge in [-0.2, -0.15) is 5.10 Å². The van der Waals surface area contributed by atoms with Gasteiger partial charge >= 0.3 is 5.69 Å². The molecule has 1 fully saturated rings. The molecule has 2 aromatic rings. The fraction of sp³-hybridized carbons (Fsp3) is 0.579. The van der Waals surface area contributed by atoms with Gasteiger partial charge in [0.1, 0.15) is 5.82 Å². The second kappa shape index (κ2) is 7.64. The van der Waals surface area contributed by atoms with Crippen LogP contribution in [0, 0.1) is 5.92 Å². The molecule has 27 heavy (non-hydrogen) atoms. The number of hydrogen-bond acceptors (Lipinski definition) is 5. The van der Waals surface area contributed by atoms with Gasteiger partial charge in [-0.25, -0.2) is 9.48 Å². The number of carbonyl (C=O) groups is 1. The third-order valence-corrected chi connectivity index (χ3v) is 5.50. The van der Waals surface area contributed by atoms with E-state index in [2.05, 4.69) is 10.1 Å². The van der Waals surface area contributed by atoms with Crippen molar-refractivity contribution in [3.8, 4) is 0 Å². The van der Waals surface area contributed by atoms with Gasteiger partial charge in [-0.1, -0.05) is 6.07 Å². The van der Waals surface area contributed by atoms with Crippen molar-refractivity contribution < 1.29 is 9.53 Å². The van der Waals surface area contributed by atoms with E-state index in [1.54, 1.807) is 17.8 Å². The molecule has 0 unspecified atom stereocenters. The minimum Gasteiger partial charge on any atom is -0.372 e. The zero-order chi connectivity index (χ0) is 18.8. The number of carbonyl (C=O) groups excluding carboxylic acids is 1. The van der Waals surface area contributed by atoms with Crippen molar-refractivity contribution in [2.45, 2.75) is 44.9 Å². The Labute approximate surface area is 157 Å². The predicted molar refractivity (Wildman–Crippen MR) is 97.9 cm³/mol. The summed E-state index contributed by atoms with van der Waals surface area (Å²) in [6.07, 6.45) is 5.03. The highest BCUT2D eigenvalue weighted by atomic mass is 16.5. The summed E-state index contributed by atoms with van der Waals surface area (Å²) in [7, 11) is 1.65. The number of rotatable bonds is 4. The van der Waals surface area contributed by atoms with Crippen LogP contribution in [0.5, 0.6) is 0 Å². The quantitative estimate of drug-likeness (QED) is 0.792. The van der Waals surface area contributed by atoms with Gasteiger partial charge in [0.05, 0.1) is 24.3 Å². The second-order valence-electron chi connectivity index (χ2n) is 7.33. The molecular weight excluding hydrogens is 346 g/mol. The van der Waals surface area contributed by atoms with Crippen LogP contribution in [0.4, 0.5) is 0 Å². The highest BCUT2D eigenvalue weighted by Crippen LogP contribution is 2.22. The van der Waals surface area contributed by atoms with Crippen molar-refractivity contribution in [1.82, 2.24) is 24.2 Å². The van der Waals surface area contributed by atoms with Crippen LogP contribution in [0.15, 0.2) is 29.2 Å². The largest absolute Gasteiger partial charge is 0.372 e. The lowest BCUT2D eigenvalue weighted by molar-refractivity contribution is -0.139. The maximum absolute atomic E-state index is 12.9. The molecule has 1 amide bonds. The summed E-state index contributed by atoms with van der Waals surface area (Å²) >= 11 is 0. The summed E-state index contributed by atoms with van der Waals surface area (Å²) in [5.74, 6) is 0.804. The number of fused-ring (bicyclic) bond motifs is 1. The monoisotopic (exact) mass is 371 g/mol. The number of aryl methyl sites for hydroxylation is 2. The van der Waals surface area contributed by atoms with Gasteiger partial charge in [0.2, 0.25) is 5.91 Å². The minimum absolute atomic E-state index is 0.134. The molecule has 8 nitrogen and oxygen atoms in total. The van der Waals surface area contributed by atoms with E-state index in [-0.39, 0.29) is 23.6 Å². The Bertz CT molecular complexity index is 852. The van der Waals surface area contributed by atoms with Crippen LogP contribution < -0.4 is 5.69 Å². The zero-order valence-corrected chi connectivity index (χ0v) is 15.6. The number of hydrogen-bond donors (Lipinski definition) is 0. The average Bonchev–Trinajstić information content (AvgIpc) is 3.00. The van der Waals surface area contributed by atoms with Crippen LogP contribution in [0.3, 0.4) is 0 Å². The van der Waals surface area contributed by atoms with Crippen LogP contribution in [-0.2, 0) is 36.2 Å². The molecular formula is C19H25N5O3. The minimum atomic E-state index is -0.135. The smallest absolute Gasteiger partial charge is 0.345 e. The Morgan fingerprint density at radius 1 is 1.26 bits per heavy atom. The Morgan fingerprint density at radius 3 is 2.81 bits per heavy atom. The number of amides is 1. The van der Waals surface area contributed by atoms with E-state index in [1.807, 2.05) is 23.1 Å². The fourth-order valence-corrected chi connectivity index (χ4v) is 3.93. The van der Waals surface area contributed by atoms with E-state index in [9.17, 15) is 9.59 Å². The van der Waals surface area contributed by atoms with Crippen molar-refractivity contribution >= 4 is 5.91 Å². The fourth-order valence-electron chi connectivity index (χ4n) is 3.93. The van der Waals surface area contributed by atoms with E-state index in [4.69, 9.17) is 4.74 Å². The lowest BCUT2D eigenvalue weighted by atomic mass is 9.96. The molecule has 1 saturated heterocycles. The van der Waals surface area contributed by atoms with Crippen molar-refractivity contribution in [1.29, 1.82) is 0 Å². The van der Waals surface area contributed by atoms with Gasteiger partial charge in [-0.3, -0.25) is 14.3 Å². The molecule has 2 aliphatic rings. The Balaban J connectivity index is 1.29. The lowest BCUT2D eigenvalue weighted by Crippen LogP contribution is -2.46. The van der Waals surface area contributed by atoms with Gasteiger partial charge in [-0.05, 0) is 31.4 Å². The maximum atomic E-state index is 12.9. The molecule has 0 aromatic carbocycles. The van der Waals surface area contributed by atoms with Crippen molar-refractivity contribution in [3.63, 3.8) is 0 Å². The third-order valence-electron chi connectivity index (χ3n) is 5.50. The number of likely N-dealkylation sites (tertiary alicyclic amines) is 1. The summed E-state index contributed by atoms with van der Waals surface area (Å²) in [5, 5.41) is 4.23. The third kappa shape index (κ3) is 3.80. The van der Waals surface area contributed by atoms with E-state index >= 15 is 0 Å². The first-order chi connectivity index (χ1) is 13.1. The van der Waals surface area contributed by atoms with Gasteiger partial charge in [0.25, 0.3) is 0 Å². The molecule has 0 N–H and O–H groups in total. The zero-order valence-electron chi connectivity index (χ0n) is 15.6. The van der Waals surface area contributed by atoms with Gasteiger partial charge < -0.3 is 9.64 Å². The van der Waals surface area contributed by atoms with E-state index in [0.717, 1.165) is 30.8 Å². The molecule has 1 atom stereocenters. The first-order valence-corrected chi connectivity index (χ1v) is 9.55. The van der Waals surface area contributed by atoms with Crippen LogP contribution >= 0.6 is 0 Å². The second-order valence-corrected chi connectivity index (χ2v) is 7.33. The molecule has 4 heterocycles. The number of piperidine rings is 1. The lowest BCUT2D eigenvalue weighted by Gasteiger charge is -2.35. The van der Waals surface area contributed by atoms with Gasteiger partial charge in [0, 0.05) is 39.3 Å². The number of nitrogens with zero attached hydrogens (tertiary/aromatic N) is 5. The summed E-state index contributed by atoms with van der Waals surface area (Å²) in [5.41, 5.74) is 0.792. The van der Waals surface area contributed by atoms with Crippen molar-refractivity contribution in [3.05, 3.63) is 46.4 Å². The predicted octanol–water partition coefficient (Wildman–Crippen LogP) is 0.747. The molecule has 0 radical (unpaired) electrons. The first-order valence-electron chi connectivity index (χ1n) is 9.55. The normalized spacial score (nSPS) is 20.5. The average molecular weight is 371 g/mol. The molecule has 8 heteroatoms. The summed E-state index contributed by atoms with van der Waals surface area (Å²) in [6.45, 7) is 2.36. The highest BCUT2D eigenvalue weighted by molar-refractivity contribution is 5.79. The summed E-state index contributed by atoms with van der Waals surface area (Å²) in [6, 6.07) is 5.80. The summed E-state index contributed by atoms with van der Waals surface area (Å²) < 4.78 is 8.95. The maximum Gasteiger partial charge on any atom is 0.345 e. The van der Waals surface area contributed by atoms with Gasteiger partial charge in [-0.15, -0.1) is 0 Å². The molecule has 144 valence electrons. The van der Waals surface area contributed by atoms with E-state index < -0.39 is 0 Å². The van der Waals surface area contributed by atoms with Crippen LogP contribution in [0.2, 0.25) is 0 Å². The van der Waals surface area contributed by atoms with Crippen LogP contribution in [-0.4, -0.2) is 49.3 Å². The van der Waals surface area contributed by atoms with Gasteiger partial charge in [0.15, 0.2) is 0 Å². The molecule has 0 spiro atoms. The van der Waals surface area contributed by atoms with Crippen LogP contribution in [0.1, 0.15) is 30.8 Å². The summed E-state index contributed by atoms with van der Waals surface area (Å²) in [4.78, 5) is 31.2. The Kier molecular flexibility index (Phi) is 5.07. The standard InChI is InChI=1S/C19H25N5O3/c1-22-19(26)24-12-14(5-6-17(24)21-22)18(25)23-10-7-16(8-11-23)27-13-15-4-2-3-9-20-15/h2-4,9,14,16H,5-8,10-13H2,1H3/t14-/m1/s1. The molecule has 0 aliphatic carbocycles. The topological polar surface area (TPSA) is 82.2 Å².